The van der Waals surface area contributed by atoms with Crippen LogP contribution >= 0.6 is 0 Å². The molecule has 16 heteroatoms. The first-order chi connectivity index (χ1) is 40.3. The van der Waals surface area contributed by atoms with Crippen LogP contribution in [0.2, 0.25) is 0 Å². The fraction of sp³-hybridized carbons (Fsp3) is 0.706. The van der Waals surface area contributed by atoms with Crippen molar-refractivity contribution in [3.05, 3.63) is 95.6 Å². The average molecular weight is 1160 g/mol. The number of nitrogens with zero attached hydrogens (tertiary/aromatic N) is 12. The Bertz CT molecular complexity index is 2430. The van der Waals surface area contributed by atoms with Crippen molar-refractivity contribution < 1.29 is 18.9 Å². The van der Waals surface area contributed by atoms with E-state index in [1.807, 2.05) is 18.6 Å². The molecule has 4 aromatic heterocycles. The summed E-state index contributed by atoms with van der Waals surface area (Å²) >= 11 is 0. The molecule has 8 fully saturated rings. The minimum Gasteiger partial charge on any atom is -0.377 e. The highest BCUT2D eigenvalue weighted by atomic mass is 16.5. The van der Waals surface area contributed by atoms with Gasteiger partial charge >= 0.3 is 0 Å². The third kappa shape index (κ3) is 16.5. The van der Waals surface area contributed by atoms with Crippen LogP contribution in [0.15, 0.2) is 67.1 Å². The summed E-state index contributed by atoms with van der Waals surface area (Å²) in [6.45, 7) is 36.2. The molecule has 4 spiro atoms. The summed E-state index contributed by atoms with van der Waals surface area (Å²) in [7, 11) is 10.8. The van der Waals surface area contributed by atoms with Crippen LogP contribution in [0.5, 0.6) is 0 Å². The third-order valence-electron chi connectivity index (χ3n) is 18.7. The number of aromatic nitrogens is 4. The molecule has 4 aromatic rings. The smallest absolute Gasteiger partial charge is 0.0983 e. The topological polar surface area (TPSA) is 114 Å². The Labute approximate surface area is 507 Å². The highest BCUT2D eigenvalue weighted by Gasteiger charge is 2.51. The second-order valence-electron chi connectivity index (χ2n) is 27.7. The van der Waals surface area contributed by atoms with E-state index in [1.165, 1.54) is 103 Å². The van der Waals surface area contributed by atoms with Crippen LogP contribution in [0.25, 0.3) is 0 Å². The van der Waals surface area contributed by atoms with E-state index < -0.39 is 0 Å². The molecule has 1 aliphatic carbocycles. The first kappa shape index (κ1) is 64.0. The van der Waals surface area contributed by atoms with E-state index in [4.69, 9.17) is 23.9 Å². The van der Waals surface area contributed by atoms with Crippen LogP contribution in [-0.2, 0) is 25.5 Å². The number of ether oxygens (including phenoxy) is 4. The van der Waals surface area contributed by atoms with Gasteiger partial charge in [-0.1, -0.05) is 55.4 Å². The Hall–Kier alpha value is -4.52. The molecule has 12 rings (SSSR count). The summed E-state index contributed by atoms with van der Waals surface area (Å²) in [4.78, 5) is 38.1. The molecule has 0 radical (unpaired) electrons. The van der Waals surface area contributed by atoms with Crippen molar-refractivity contribution >= 4 is 22.7 Å². The first-order valence-electron chi connectivity index (χ1n) is 32.4. The normalized spacial score (nSPS) is 25.8. The maximum atomic E-state index is 6.19. The summed E-state index contributed by atoms with van der Waals surface area (Å²) in [5, 5.41) is 0. The van der Waals surface area contributed by atoms with Crippen molar-refractivity contribution in [3.8, 4) is 0 Å². The van der Waals surface area contributed by atoms with Gasteiger partial charge in [0, 0.05) is 114 Å². The predicted octanol–water partition coefficient (Wildman–Crippen LogP) is 10.2. The number of anilines is 4. The van der Waals surface area contributed by atoms with Crippen molar-refractivity contribution in [2.75, 3.05) is 173 Å². The molecular formula is C68H108N12O4. The number of likely N-dealkylation sites (N-methyl/N-ethyl adjacent to an activating group) is 3. The zero-order valence-electron chi connectivity index (χ0n) is 54.3. The van der Waals surface area contributed by atoms with Crippen molar-refractivity contribution in [3.63, 3.8) is 0 Å². The molecule has 7 saturated heterocycles. The van der Waals surface area contributed by atoms with Crippen molar-refractivity contribution in [1.82, 2.24) is 39.5 Å². The molecule has 1 saturated carbocycles. The largest absolute Gasteiger partial charge is 0.377 e. The van der Waals surface area contributed by atoms with Gasteiger partial charge in [-0.15, -0.1) is 0 Å². The van der Waals surface area contributed by atoms with Gasteiger partial charge in [0.05, 0.1) is 102 Å². The van der Waals surface area contributed by atoms with E-state index in [0.717, 1.165) is 125 Å². The number of hydrogen-bond acceptors (Lipinski definition) is 16. The van der Waals surface area contributed by atoms with Crippen molar-refractivity contribution in [2.45, 2.75) is 159 Å². The van der Waals surface area contributed by atoms with Gasteiger partial charge in [-0.25, -0.2) is 0 Å². The monoisotopic (exact) mass is 1160 g/mol. The molecule has 8 aliphatic rings. The Kier molecular flexibility index (Phi) is 21.7. The average Bonchev–Trinajstić information content (AvgIpc) is 2.56. The van der Waals surface area contributed by atoms with Gasteiger partial charge in [-0.2, -0.15) is 0 Å². The molecule has 0 aromatic carbocycles. The first-order valence-corrected chi connectivity index (χ1v) is 32.4. The van der Waals surface area contributed by atoms with Crippen LogP contribution in [-0.4, -0.2) is 215 Å². The van der Waals surface area contributed by atoms with E-state index in [9.17, 15) is 0 Å². The number of hydrogen-bond donors (Lipinski definition) is 0. The Balaban J connectivity index is 0.000000134. The summed E-state index contributed by atoms with van der Waals surface area (Å²) in [6, 6.07) is 17.6. The van der Waals surface area contributed by atoms with Crippen LogP contribution in [0, 0.1) is 0 Å². The third-order valence-corrected chi connectivity index (χ3v) is 18.7. The van der Waals surface area contributed by atoms with Gasteiger partial charge in [0.1, 0.15) is 0 Å². The minimum absolute atomic E-state index is 0.0158. The van der Waals surface area contributed by atoms with Gasteiger partial charge < -0.3 is 58.1 Å². The van der Waals surface area contributed by atoms with E-state index >= 15 is 0 Å². The van der Waals surface area contributed by atoms with Gasteiger partial charge in [0.15, 0.2) is 0 Å². The highest BCUT2D eigenvalue weighted by Crippen LogP contribution is 2.47. The maximum Gasteiger partial charge on any atom is 0.0983 e. The lowest BCUT2D eigenvalue weighted by atomic mass is 9.90. The lowest BCUT2D eigenvalue weighted by molar-refractivity contribution is -0.108. The number of piperidine rings is 3. The zero-order chi connectivity index (χ0) is 59.7. The number of rotatable bonds is 10. The molecule has 3 atom stereocenters. The predicted molar refractivity (Wildman–Crippen MR) is 344 cm³/mol. The number of morpholine rings is 4. The van der Waals surface area contributed by atoms with Crippen molar-refractivity contribution in [1.29, 1.82) is 0 Å². The van der Waals surface area contributed by atoms with Gasteiger partial charge in [-0.3, -0.25) is 19.9 Å². The Morgan fingerprint density at radius 3 is 1.15 bits per heavy atom. The van der Waals surface area contributed by atoms with Gasteiger partial charge in [0.25, 0.3) is 0 Å². The van der Waals surface area contributed by atoms with Crippen LogP contribution < -0.4 is 19.6 Å². The molecule has 16 nitrogen and oxygen atoms in total. The fourth-order valence-electron chi connectivity index (χ4n) is 13.7. The maximum absolute atomic E-state index is 6.19. The van der Waals surface area contributed by atoms with Gasteiger partial charge in [-0.05, 0) is 159 Å². The Morgan fingerprint density at radius 1 is 0.452 bits per heavy atom. The van der Waals surface area contributed by atoms with E-state index in [-0.39, 0.29) is 22.3 Å². The lowest BCUT2D eigenvalue weighted by Gasteiger charge is -2.48. The van der Waals surface area contributed by atoms with Gasteiger partial charge in [0.2, 0.25) is 0 Å². The molecule has 0 amide bonds. The molecular weight excluding hydrogens is 1050 g/mol. The fourth-order valence-corrected chi connectivity index (χ4v) is 13.7. The molecule has 1 unspecified atom stereocenters. The second kappa shape index (κ2) is 28.5. The lowest BCUT2D eigenvalue weighted by Crippen LogP contribution is -2.59. The number of pyridine rings is 4. The molecule has 0 N–H and O–H groups in total. The molecule has 84 heavy (non-hydrogen) atoms. The summed E-state index contributed by atoms with van der Waals surface area (Å²) in [5.41, 5.74) is 11.2. The van der Waals surface area contributed by atoms with E-state index in [1.54, 1.807) is 0 Å². The minimum atomic E-state index is 0.0158. The molecule has 11 heterocycles. The summed E-state index contributed by atoms with van der Waals surface area (Å²) < 4.78 is 24.3. The summed E-state index contributed by atoms with van der Waals surface area (Å²) in [6.07, 6.45) is 15.7. The van der Waals surface area contributed by atoms with Crippen molar-refractivity contribution in [2.24, 2.45) is 0 Å². The Morgan fingerprint density at radius 2 is 0.833 bits per heavy atom. The quantitative estimate of drug-likeness (QED) is 0.150. The zero-order valence-corrected chi connectivity index (χ0v) is 54.3. The SMILES string of the molecule is CC(C)c1ccc(N2CCCC3(CN(C)CCO3)C2)cn1.CC(C)c1ccc(N2CCC[C@@]3(CN(C)CCO3)C2)cn1.CC(C)c1ccc(N2CCC[C@]3(CN(C)CCO3)C2)cn1.CC(C)c1ccc(N2CCOCC23CC3)c(CN(C)C)n1. The van der Waals surface area contributed by atoms with Crippen LogP contribution in [0.4, 0.5) is 22.7 Å². The summed E-state index contributed by atoms with van der Waals surface area (Å²) in [5.74, 6) is 1.94. The highest BCUT2D eigenvalue weighted by molar-refractivity contribution is 5.56. The molecule has 464 valence electrons. The van der Waals surface area contributed by atoms with E-state index in [0.29, 0.717) is 23.7 Å². The van der Waals surface area contributed by atoms with E-state index in [2.05, 4.69) is 193 Å². The standard InChI is InChI=1S/4C17H27N3O/c1-13(2)14-5-6-16(15(18-14)11-19(3)4)20-9-10-21-12-17(20)7-8-17;3*1-14(2)16-6-5-15(11-18-16)20-8-4-7-17(13-20)12-19(3)9-10-21-17/h5-6,13H,7-12H2,1-4H3;3*5-6,11,14H,4,7-10,12-13H2,1-3H3/t;2*17-;/m.10./s1. The molecule has 0 bridgehead atoms. The second-order valence-corrected chi connectivity index (χ2v) is 27.7. The van der Waals surface area contributed by atoms with Crippen LogP contribution in [0.1, 0.15) is 159 Å². The van der Waals surface area contributed by atoms with Crippen LogP contribution in [0.3, 0.4) is 0 Å². The molecule has 7 aliphatic heterocycles.